The van der Waals surface area contributed by atoms with Gasteiger partial charge in [0.1, 0.15) is 0 Å². The van der Waals surface area contributed by atoms with Crippen molar-refractivity contribution in [3.63, 3.8) is 0 Å². The number of rotatable bonds is 10. The number of sulfonamides is 1. The van der Waals surface area contributed by atoms with E-state index in [-0.39, 0.29) is 10.8 Å². The molecule has 0 fully saturated rings. The highest BCUT2D eigenvalue weighted by Gasteiger charge is 2.15. The summed E-state index contributed by atoms with van der Waals surface area (Å²) in [5.41, 5.74) is 0.341. The van der Waals surface area contributed by atoms with Crippen LogP contribution in [0.2, 0.25) is 0 Å². The molecule has 6 nitrogen and oxygen atoms in total. The molecule has 0 bridgehead atoms. The predicted octanol–water partition coefficient (Wildman–Crippen LogP) is 1.78. The Bertz CT molecular complexity index is 600. The van der Waals surface area contributed by atoms with Gasteiger partial charge in [0.05, 0.1) is 4.90 Å². The number of nitrogens with one attached hydrogen (secondary N) is 2. The highest BCUT2D eigenvalue weighted by Crippen LogP contribution is 2.11. The summed E-state index contributed by atoms with van der Waals surface area (Å²) in [5, 5.41) is 2.80. The number of hydrogen-bond donors (Lipinski definition) is 2. The largest absolute Gasteiger partial charge is 0.385 e. The fraction of sp³-hybridized carbons (Fsp3) is 0.562. The van der Waals surface area contributed by atoms with E-state index in [9.17, 15) is 13.2 Å². The summed E-state index contributed by atoms with van der Waals surface area (Å²) >= 11 is 0. The maximum absolute atomic E-state index is 12.2. The Morgan fingerprint density at radius 1 is 1.26 bits per heavy atom. The highest BCUT2D eigenvalue weighted by molar-refractivity contribution is 7.89. The van der Waals surface area contributed by atoms with Crippen LogP contribution in [0.1, 0.15) is 37.0 Å². The van der Waals surface area contributed by atoms with Crippen molar-refractivity contribution in [1.82, 2.24) is 10.0 Å². The molecule has 23 heavy (non-hydrogen) atoms. The van der Waals surface area contributed by atoms with Crippen LogP contribution in [0.4, 0.5) is 0 Å². The van der Waals surface area contributed by atoms with Crippen molar-refractivity contribution in [1.29, 1.82) is 0 Å². The molecule has 0 radical (unpaired) electrons. The number of benzene rings is 1. The Balaban J connectivity index is 2.69. The minimum absolute atomic E-state index is 0.0893. The smallest absolute Gasteiger partial charge is 0.251 e. The Morgan fingerprint density at radius 2 is 2.00 bits per heavy atom. The van der Waals surface area contributed by atoms with Crippen molar-refractivity contribution in [2.45, 2.75) is 31.6 Å². The number of ether oxygens (including phenoxy) is 1. The monoisotopic (exact) mass is 342 g/mol. The second-order valence-corrected chi connectivity index (χ2v) is 7.48. The van der Waals surface area contributed by atoms with Gasteiger partial charge in [0.2, 0.25) is 10.0 Å². The van der Waals surface area contributed by atoms with Crippen molar-refractivity contribution < 1.29 is 17.9 Å². The molecule has 0 aliphatic carbocycles. The fourth-order valence-corrected chi connectivity index (χ4v) is 3.01. The summed E-state index contributed by atoms with van der Waals surface area (Å²) in [6.45, 7) is 5.51. The molecular weight excluding hydrogens is 316 g/mol. The quantitative estimate of drug-likeness (QED) is 0.635. The lowest BCUT2D eigenvalue weighted by Crippen LogP contribution is -2.27. The molecule has 0 aliphatic heterocycles. The molecule has 0 spiro atoms. The number of carbonyl (C=O) groups excluding carboxylic acids is 1. The number of methoxy groups -OCH3 is 1. The third-order valence-electron chi connectivity index (χ3n) is 3.23. The van der Waals surface area contributed by atoms with E-state index in [0.29, 0.717) is 37.6 Å². The molecular formula is C16H26N2O4S. The molecule has 0 saturated heterocycles. The van der Waals surface area contributed by atoms with Gasteiger partial charge in [-0.3, -0.25) is 4.79 Å². The molecule has 1 amide bonds. The zero-order valence-corrected chi connectivity index (χ0v) is 14.8. The summed E-state index contributed by atoms with van der Waals surface area (Å²) in [7, 11) is -2.05. The highest BCUT2D eigenvalue weighted by atomic mass is 32.2. The zero-order chi connectivity index (χ0) is 17.3. The van der Waals surface area contributed by atoms with Crippen LogP contribution in [-0.4, -0.2) is 41.1 Å². The standard InChI is InChI=1S/C16H26N2O4S/c1-13(2)8-10-17-16(19)14-6-4-7-15(12-14)23(20,21)18-9-5-11-22-3/h4,6-7,12-13,18H,5,8-11H2,1-3H3,(H,17,19). The van der Waals surface area contributed by atoms with E-state index in [1.807, 2.05) is 0 Å². The molecule has 130 valence electrons. The normalized spacial score (nSPS) is 11.7. The van der Waals surface area contributed by atoms with Crippen molar-refractivity contribution in [3.05, 3.63) is 29.8 Å². The lowest BCUT2D eigenvalue weighted by atomic mass is 10.1. The first kappa shape index (κ1) is 19.6. The maximum Gasteiger partial charge on any atom is 0.251 e. The summed E-state index contributed by atoms with van der Waals surface area (Å²) in [6.07, 6.45) is 1.47. The van der Waals surface area contributed by atoms with Gasteiger partial charge in [-0.05, 0) is 37.0 Å². The zero-order valence-electron chi connectivity index (χ0n) is 14.0. The molecule has 0 heterocycles. The minimum atomic E-state index is -3.62. The van der Waals surface area contributed by atoms with E-state index in [2.05, 4.69) is 23.9 Å². The number of carbonyl (C=O) groups is 1. The minimum Gasteiger partial charge on any atom is -0.385 e. The van der Waals surface area contributed by atoms with Crippen molar-refractivity contribution >= 4 is 15.9 Å². The Hall–Kier alpha value is -1.44. The van der Waals surface area contributed by atoms with Gasteiger partial charge in [-0.15, -0.1) is 0 Å². The molecule has 2 N–H and O–H groups in total. The molecule has 1 aromatic rings. The van der Waals surface area contributed by atoms with Gasteiger partial charge in [0.25, 0.3) is 5.91 Å². The Morgan fingerprint density at radius 3 is 2.65 bits per heavy atom. The maximum atomic E-state index is 12.2. The van der Waals surface area contributed by atoms with Gasteiger partial charge in [-0.25, -0.2) is 13.1 Å². The first-order valence-corrected chi connectivity index (χ1v) is 9.22. The Kier molecular flexibility index (Phi) is 8.22. The van der Waals surface area contributed by atoms with Crippen molar-refractivity contribution in [3.8, 4) is 0 Å². The van der Waals surface area contributed by atoms with Crippen LogP contribution in [-0.2, 0) is 14.8 Å². The molecule has 1 aromatic carbocycles. The molecule has 0 aromatic heterocycles. The summed E-state index contributed by atoms with van der Waals surface area (Å²) in [6, 6.07) is 6.04. The van der Waals surface area contributed by atoms with Gasteiger partial charge >= 0.3 is 0 Å². The predicted molar refractivity (Wildman–Crippen MR) is 89.9 cm³/mol. The average molecular weight is 342 g/mol. The van der Waals surface area contributed by atoms with E-state index < -0.39 is 10.0 Å². The van der Waals surface area contributed by atoms with Crippen LogP contribution < -0.4 is 10.0 Å². The third-order valence-corrected chi connectivity index (χ3v) is 4.69. The molecule has 7 heteroatoms. The topological polar surface area (TPSA) is 84.5 Å². The van der Waals surface area contributed by atoms with Crippen molar-refractivity contribution in [2.24, 2.45) is 5.92 Å². The van der Waals surface area contributed by atoms with Crippen molar-refractivity contribution in [2.75, 3.05) is 26.8 Å². The molecule has 0 saturated carbocycles. The average Bonchev–Trinajstić information content (AvgIpc) is 2.51. The van der Waals surface area contributed by atoms with Crippen LogP contribution in [0.25, 0.3) is 0 Å². The van der Waals surface area contributed by atoms with E-state index in [4.69, 9.17) is 4.74 Å². The van der Waals surface area contributed by atoms with Gasteiger partial charge in [-0.2, -0.15) is 0 Å². The van der Waals surface area contributed by atoms with E-state index >= 15 is 0 Å². The molecule has 1 rings (SSSR count). The first-order chi connectivity index (χ1) is 10.9. The van der Waals surface area contributed by atoms with Crippen LogP contribution in [0.3, 0.4) is 0 Å². The second kappa shape index (κ2) is 9.64. The van der Waals surface area contributed by atoms with Gasteiger partial charge < -0.3 is 10.1 Å². The lowest BCUT2D eigenvalue weighted by Gasteiger charge is -2.09. The lowest BCUT2D eigenvalue weighted by molar-refractivity contribution is 0.0952. The summed E-state index contributed by atoms with van der Waals surface area (Å²) < 4.78 is 31.8. The SMILES string of the molecule is COCCCNS(=O)(=O)c1cccc(C(=O)NCCC(C)C)c1. The number of amides is 1. The van der Waals surface area contributed by atoms with Gasteiger partial charge in [0.15, 0.2) is 0 Å². The fourth-order valence-electron chi connectivity index (χ4n) is 1.89. The van der Waals surface area contributed by atoms with Gasteiger partial charge in [-0.1, -0.05) is 19.9 Å². The van der Waals surface area contributed by atoms with Crippen LogP contribution >= 0.6 is 0 Å². The van der Waals surface area contributed by atoms with Crippen LogP contribution in [0.15, 0.2) is 29.2 Å². The summed E-state index contributed by atoms with van der Waals surface area (Å²) in [4.78, 5) is 12.2. The molecule has 0 atom stereocenters. The van der Waals surface area contributed by atoms with E-state index in [0.717, 1.165) is 6.42 Å². The second-order valence-electron chi connectivity index (χ2n) is 5.71. The Labute approximate surface area is 138 Å². The van der Waals surface area contributed by atoms with E-state index in [1.165, 1.54) is 12.1 Å². The summed E-state index contributed by atoms with van der Waals surface area (Å²) in [5.74, 6) is 0.236. The van der Waals surface area contributed by atoms with Gasteiger partial charge in [0, 0.05) is 32.4 Å². The first-order valence-electron chi connectivity index (χ1n) is 7.73. The molecule has 0 aliphatic rings. The van der Waals surface area contributed by atoms with E-state index in [1.54, 1.807) is 19.2 Å². The third kappa shape index (κ3) is 7.11. The van der Waals surface area contributed by atoms with Crippen LogP contribution in [0, 0.1) is 5.92 Å². The number of hydrogen-bond acceptors (Lipinski definition) is 4. The van der Waals surface area contributed by atoms with Crippen LogP contribution in [0.5, 0.6) is 0 Å². The molecule has 0 unspecified atom stereocenters.